The number of H-pyrrole nitrogens is 1. The van der Waals surface area contributed by atoms with Gasteiger partial charge in [0.1, 0.15) is 6.04 Å². The molecule has 100 valence electrons. The van der Waals surface area contributed by atoms with Crippen LogP contribution in [0.3, 0.4) is 0 Å². The summed E-state index contributed by atoms with van der Waals surface area (Å²) in [5.41, 5.74) is 0.619. The molecule has 2 heterocycles. The highest BCUT2D eigenvalue weighted by molar-refractivity contribution is 9.10. The Labute approximate surface area is 116 Å². The number of aromatic amines is 1. The molecule has 8 heteroatoms. The molecule has 0 saturated heterocycles. The lowest BCUT2D eigenvalue weighted by Gasteiger charge is -2.12. The van der Waals surface area contributed by atoms with Crippen LogP contribution < -0.4 is 5.32 Å². The predicted molar refractivity (Wildman–Crippen MR) is 67.6 cm³/mol. The first-order chi connectivity index (χ1) is 9.06. The first-order valence-electron chi connectivity index (χ1n) is 5.32. The van der Waals surface area contributed by atoms with Crippen molar-refractivity contribution in [2.45, 2.75) is 12.5 Å². The van der Waals surface area contributed by atoms with Crippen LogP contribution in [-0.2, 0) is 11.2 Å². The van der Waals surface area contributed by atoms with Crippen molar-refractivity contribution in [1.29, 1.82) is 0 Å². The number of hydrogen-bond acceptors (Lipinski definition) is 4. The second kappa shape index (κ2) is 5.70. The summed E-state index contributed by atoms with van der Waals surface area (Å²) in [5, 5.41) is 11.5. The fourth-order valence-electron chi connectivity index (χ4n) is 1.48. The first kappa shape index (κ1) is 13.3. The monoisotopic (exact) mass is 327 g/mol. The third-order valence-electron chi connectivity index (χ3n) is 2.38. The summed E-state index contributed by atoms with van der Waals surface area (Å²) in [4.78, 5) is 29.5. The van der Waals surface area contributed by atoms with Crippen LogP contribution in [0.4, 0.5) is 0 Å². The maximum atomic E-state index is 11.8. The molecule has 0 aliphatic heterocycles. The van der Waals surface area contributed by atoms with Crippen molar-refractivity contribution in [3.05, 3.63) is 40.8 Å². The highest BCUT2D eigenvalue weighted by Crippen LogP contribution is 2.14. The second-order valence-corrected chi connectivity index (χ2v) is 4.53. The van der Waals surface area contributed by atoms with Crippen LogP contribution in [0, 0.1) is 0 Å². The summed E-state index contributed by atoms with van der Waals surface area (Å²) in [5.74, 6) is -1.67. The van der Waals surface area contributed by atoms with Crippen molar-refractivity contribution in [1.82, 2.24) is 15.3 Å². The summed E-state index contributed by atoms with van der Waals surface area (Å²) in [7, 11) is 0. The van der Waals surface area contributed by atoms with Crippen molar-refractivity contribution in [3.8, 4) is 0 Å². The predicted octanol–water partition coefficient (Wildman–Crippen LogP) is 1.19. The number of aliphatic carboxylic acids is 1. The van der Waals surface area contributed by atoms with Gasteiger partial charge in [-0.15, -0.1) is 0 Å². The molecule has 2 aromatic heterocycles. The topological polar surface area (TPSA) is 108 Å². The molecule has 0 saturated carbocycles. The number of hydrogen-bond donors (Lipinski definition) is 3. The Balaban J connectivity index is 2.04. The van der Waals surface area contributed by atoms with E-state index in [-0.39, 0.29) is 12.2 Å². The van der Waals surface area contributed by atoms with E-state index in [0.29, 0.717) is 10.4 Å². The van der Waals surface area contributed by atoms with E-state index in [2.05, 4.69) is 31.2 Å². The lowest BCUT2D eigenvalue weighted by Crippen LogP contribution is -2.42. The number of furan rings is 1. The van der Waals surface area contributed by atoms with Gasteiger partial charge in [0.05, 0.1) is 6.33 Å². The molecule has 2 aromatic rings. The van der Waals surface area contributed by atoms with E-state index in [1.807, 2.05) is 0 Å². The lowest BCUT2D eigenvalue weighted by atomic mass is 10.1. The van der Waals surface area contributed by atoms with E-state index in [1.165, 1.54) is 18.6 Å². The zero-order valence-electron chi connectivity index (χ0n) is 9.59. The van der Waals surface area contributed by atoms with Gasteiger partial charge >= 0.3 is 5.97 Å². The van der Waals surface area contributed by atoms with Crippen LogP contribution >= 0.6 is 15.9 Å². The fourth-order valence-corrected chi connectivity index (χ4v) is 1.79. The van der Waals surface area contributed by atoms with E-state index < -0.39 is 17.9 Å². The highest BCUT2D eigenvalue weighted by atomic mass is 79.9. The van der Waals surface area contributed by atoms with Crippen molar-refractivity contribution in [2.75, 3.05) is 0 Å². The Hall–Kier alpha value is -2.09. The zero-order valence-corrected chi connectivity index (χ0v) is 11.2. The Kier molecular flexibility index (Phi) is 4.00. The quantitative estimate of drug-likeness (QED) is 0.764. The molecule has 0 aromatic carbocycles. The minimum Gasteiger partial charge on any atom is -0.480 e. The third kappa shape index (κ3) is 3.44. The Morgan fingerprint density at radius 2 is 2.32 bits per heavy atom. The Morgan fingerprint density at radius 3 is 2.84 bits per heavy atom. The molecule has 7 nitrogen and oxygen atoms in total. The van der Waals surface area contributed by atoms with Crippen molar-refractivity contribution in [2.24, 2.45) is 0 Å². The molecular weight excluding hydrogens is 318 g/mol. The summed E-state index contributed by atoms with van der Waals surface area (Å²) >= 11 is 3.07. The van der Waals surface area contributed by atoms with Crippen molar-refractivity contribution < 1.29 is 19.1 Å². The average Bonchev–Trinajstić information content (AvgIpc) is 2.99. The molecule has 0 bridgehead atoms. The molecular formula is C11H10BrN3O4. The molecule has 0 aliphatic carbocycles. The van der Waals surface area contributed by atoms with E-state index in [0.717, 1.165) is 0 Å². The maximum absolute atomic E-state index is 11.8. The van der Waals surface area contributed by atoms with Gasteiger partial charge in [-0.2, -0.15) is 0 Å². The van der Waals surface area contributed by atoms with Crippen LogP contribution in [0.5, 0.6) is 0 Å². The van der Waals surface area contributed by atoms with Crippen molar-refractivity contribution in [3.63, 3.8) is 0 Å². The number of nitrogens with one attached hydrogen (secondary N) is 2. The number of halogens is 1. The standard InChI is InChI=1S/C11H10BrN3O4/c12-9-2-1-8(19-9)10(16)15-7(11(17)18)3-6-4-13-5-14-6/h1-2,4-5,7H,3H2,(H,13,14)(H,15,16)(H,17,18). The van der Waals surface area contributed by atoms with E-state index in [4.69, 9.17) is 9.52 Å². The largest absolute Gasteiger partial charge is 0.480 e. The summed E-state index contributed by atoms with van der Waals surface area (Å²) in [6.45, 7) is 0. The molecule has 1 amide bonds. The molecule has 2 rings (SSSR count). The maximum Gasteiger partial charge on any atom is 0.326 e. The normalized spacial score (nSPS) is 12.1. The van der Waals surface area contributed by atoms with Gasteiger partial charge in [-0.3, -0.25) is 4.79 Å². The van der Waals surface area contributed by atoms with Crippen LogP contribution in [0.1, 0.15) is 16.2 Å². The fraction of sp³-hybridized carbons (Fsp3) is 0.182. The van der Waals surface area contributed by atoms with Gasteiger partial charge in [0.15, 0.2) is 10.4 Å². The number of imidazole rings is 1. The van der Waals surface area contributed by atoms with Gasteiger partial charge in [-0.25, -0.2) is 9.78 Å². The smallest absolute Gasteiger partial charge is 0.326 e. The number of carbonyl (C=O) groups is 2. The summed E-state index contributed by atoms with van der Waals surface area (Å²) in [6.07, 6.45) is 3.06. The number of nitrogens with zero attached hydrogens (tertiary/aromatic N) is 1. The van der Waals surface area contributed by atoms with Crippen LogP contribution in [0.15, 0.2) is 33.7 Å². The number of carbonyl (C=O) groups excluding carboxylic acids is 1. The first-order valence-corrected chi connectivity index (χ1v) is 6.12. The van der Waals surface area contributed by atoms with Gasteiger partial charge in [0.2, 0.25) is 0 Å². The van der Waals surface area contributed by atoms with E-state index >= 15 is 0 Å². The van der Waals surface area contributed by atoms with Gasteiger partial charge in [-0.05, 0) is 28.1 Å². The molecule has 3 N–H and O–H groups in total. The number of carboxylic acid groups (broad SMARTS) is 1. The van der Waals surface area contributed by atoms with Gasteiger partial charge in [0.25, 0.3) is 5.91 Å². The number of rotatable bonds is 5. The van der Waals surface area contributed by atoms with Crippen molar-refractivity contribution >= 4 is 27.8 Å². The summed E-state index contributed by atoms with van der Waals surface area (Å²) < 4.78 is 5.45. The lowest BCUT2D eigenvalue weighted by molar-refractivity contribution is -0.139. The molecule has 0 radical (unpaired) electrons. The highest BCUT2D eigenvalue weighted by Gasteiger charge is 2.23. The summed E-state index contributed by atoms with van der Waals surface area (Å²) in [6, 6.07) is 1.95. The molecule has 0 fully saturated rings. The Bertz CT molecular complexity index is 579. The van der Waals surface area contributed by atoms with Gasteiger partial charge in [0, 0.05) is 18.3 Å². The Morgan fingerprint density at radius 1 is 1.53 bits per heavy atom. The number of amides is 1. The van der Waals surface area contributed by atoms with Gasteiger partial charge < -0.3 is 19.8 Å². The van der Waals surface area contributed by atoms with E-state index in [9.17, 15) is 9.59 Å². The average molecular weight is 328 g/mol. The molecule has 1 atom stereocenters. The number of carboxylic acids is 1. The third-order valence-corrected chi connectivity index (χ3v) is 2.81. The minimum atomic E-state index is -1.13. The number of aromatic nitrogens is 2. The van der Waals surface area contributed by atoms with Crippen LogP contribution in [0.25, 0.3) is 0 Å². The SMILES string of the molecule is O=C(NC(Cc1cnc[nH]1)C(=O)O)c1ccc(Br)o1. The zero-order chi connectivity index (χ0) is 13.8. The molecule has 0 aliphatic rings. The molecule has 0 spiro atoms. The van der Waals surface area contributed by atoms with E-state index in [1.54, 1.807) is 6.07 Å². The van der Waals surface area contributed by atoms with Crippen LogP contribution in [-0.4, -0.2) is 33.0 Å². The minimum absolute atomic E-state index is 0.0442. The second-order valence-electron chi connectivity index (χ2n) is 3.75. The van der Waals surface area contributed by atoms with Crippen LogP contribution in [0.2, 0.25) is 0 Å². The van der Waals surface area contributed by atoms with Gasteiger partial charge in [-0.1, -0.05) is 0 Å². The molecule has 1 unspecified atom stereocenters. The molecule has 19 heavy (non-hydrogen) atoms.